The minimum atomic E-state index is 0.0871. The van der Waals surface area contributed by atoms with Gasteiger partial charge in [-0.3, -0.25) is 0 Å². The normalized spacial score (nSPS) is 27.3. The van der Waals surface area contributed by atoms with E-state index >= 15 is 0 Å². The molecule has 0 saturated carbocycles. The molecule has 4 heterocycles. The van der Waals surface area contributed by atoms with Gasteiger partial charge in [0, 0.05) is 48.6 Å². The Morgan fingerprint density at radius 1 is 0.868 bits per heavy atom. The summed E-state index contributed by atoms with van der Waals surface area (Å²) in [5, 5.41) is 7.89. The number of hydrogen-bond donors (Lipinski definition) is 2. The van der Waals surface area contributed by atoms with Crippen LogP contribution >= 0.6 is 0 Å². The van der Waals surface area contributed by atoms with E-state index in [1.165, 1.54) is 52.0 Å². The summed E-state index contributed by atoms with van der Waals surface area (Å²) >= 11 is 0. The Kier molecular flexibility index (Phi) is 6.68. The van der Waals surface area contributed by atoms with Crippen LogP contribution in [0.4, 0.5) is 11.4 Å². The van der Waals surface area contributed by atoms with Gasteiger partial charge < -0.3 is 20.4 Å². The number of hydrogen-bond acceptors (Lipinski definition) is 4. The molecular formula is C34H46N4. The molecule has 0 amide bonds. The molecule has 2 unspecified atom stereocenters. The molecule has 0 spiro atoms. The van der Waals surface area contributed by atoms with Crippen molar-refractivity contribution in [3.63, 3.8) is 0 Å². The lowest BCUT2D eigenvalue weighted by Gasteiger charge is -2.43. The van der Waals surface area contributed by atoms with Crippen LogP contribution in [0.1, 0.15) is 68.7 Å². The van der Waals surface area contributed by atoms with E-state index in [1.807, 2.05) is 0 Å². The number of nitrogens with zero attached hydrogens (tertiary/aromatic N) is 2. The van der Waals surface area contributed by atoms with Crippen molar-refractivity contribution in [3.05, 3.63) is 70.8 Å². The summed E-state index contributed by atoms with van der Waals surface area (Å²) in [6.07, 6.45) is 11.9. The van der Waals surface area contributed by atoms with Crippen molar-refractivity contribution in [2.24, 2.45) is 5.92 Å². The summed E-state index contributed by atoms with van der Waals surface area (Å²) in [5.41, 5.74) is 11.9. The van der Waals surface area contributed by atoms with Gasteiger partial charge in [0.25, 0.3) is 0 Å². The second kappa shape index (κ2) is 9.88. The standard InChI is InChI=1S/C34H46N4/c1-33(2)16-12-30-29(7-6-8-31(30)35-33)28-15-20-38(5)23-27(28)22-34(3)17-11-25-9-10-26(21-32(25)36-34)24-13-18-37(4)19-14-24/h6-10,13,15,21,27,35-36H,11-12,14,16-20,22-23H2,1-5H3. The van der Waals surface area contributed by atoms with Gasteiger partial charge in [0.1, 0.15) is 0 Å². The van der Waals surface area contributed by atoms with Gasteiger partial charge in [0.2, 0.25) is 0 Å². The van der Waals surface area contributed by atoms with Gasteiger partial charge in [-0.1, -0.05) is 36.4 Å². The van der Waals surface area contributed by atoms with E-state index in [1.54, 1.807) is 5.57 Å². The number of fused-ring (bicyclic) bond motifs is 2. The number of rotatable bonds is 4. The SMILES string of the molecule is CN1CC=C(c2ccc3c(c2)NC(C)(CC2CN(C)CC=C2c2cccc4c2CCC(C)(C)N4)CC3)CC1. The lowest BCUT2D eigenvalue weighted by Crippen LogP contribution is -2.43. The van der Waals surface area contributed by atoms with E-state index in [0.29, 0.717) is 5.92 Å². The van der Waals surface area contributed by atoms with Gasteiger partial charge >= 0.3 is 0 Å². The summed E-state index contributed by atoms with van der Waals surface area (Å²) in [6, 6.07) is 14.1. The van der Waals surface area contributed by atoms with Crippen LogP contribution in [0.5, 0.6) is 0 Å². The maximum absolute atomic E-state index is 4.07. The molecule has 4 aliphatic rings. The molecule has 2 atom stereocenters. The molecular weight excluding hydrogens is 464 g/mol. The Balaban J connectivity index is 1.26. The molecule has 2 N–H and O–H groups in total. The van der Waals surface area contributed by atoms with Crippen LogP contribution in [0, 0.1) is 5.92 Å². The first kappa shape index (κ1) is 25.7. The fourth-order valence-corrected chi connectivity index (χ4v) is 7.22. The van der Waals surface area contributed by atoms with Gasteiger partial charge in [-0.25, -0.2) is 0 Å². The summed E-state index contributed by atoms with van der Waals surface area (Å²) in [5.74, 6) is 0.522. The first-order chi connectivity index (χ1) is 18.2. The zero-order valence-electron chi connectivity index (χ0n) is 24.2. The third-order valence-electron chi connectivity index (χ3n) is 9.53. The Morgan fingerprint density at radius 2 is 1.71 bits per heavy atom. The molecule has 4 aliphatic heterocycles. The lowest BCUT2D eigenvalue weighted by molar-refractivity contribution is 0.276. The number of likely N-dealkylation sites (N-methyl/N-ethyl adjacent to an activating group) is 2. The molecule has 0 aliphatic carbocycles. The van der Waals surface area contributed by atoms with E-state index in [2.05, 4.69) is 104 Å². The monoisotopic (exact) mass is 510 g/mol. The fraction of sp³-hybridized carbons (Fsp3) is 0.529. The van der Waals surface area contributed by atoms with Gasteiger partial charge in [-0.05, 0) is 125 Å². The fourth-order valence-electron chi connectivity index (χ4n) is 7.22. The van der Waals surface area contributed by atoms with Crippen LogP contribution in [0.3, 0.4) is 0 Å². The highest BCUT2D eigenvalue weighted by molar-refractivity contribution is 5.77. The van der Waals surface area contributed by atoms with Crippen molar-refractivity contribution in [2.75, 3.05) is 50.9 Å². The molecule has 2 aromatic carbocycles. The third-order valence-corrected chi connectivity index (χ3v) is 9.53. The van der Waals surface area contributed by atoms with Crippen molar-refractivity contribution in [1.29, 1.82) is 0 Å². The second-order valence-corrected chi connectivity index (χ2v) is 13.4. The van der Waals surface area contributed by atoms with Crippen molar-refractivity contribution >= 4 is 22.5 Å². The van der Waals surface area contributed by atoms with Gasteiger partial charge in [0.15, 0.2) is 0 Å². The smallest absolute Gasteiger partial charge is 0.0383 e. The van der Waals surface area contributed by atoms with E-state index in [-0.39, 0.29) is 11.1 Å². The molecule has 0 saturated heterocycles. The van der Waals surface area contributed by atoms with Crippen LogP contribution < -0.4 is 10.6 Å². The highest BCUT2D eigenvalue weighted by Crippen LogP contribution is 2.43. The molecule has 202 valence electrons. The molecule has 2 aromatic rings. The Labute approximate surface area is 230 Å². The molecule has 4 nitrogen and oxygen atoms in total. The van der Waals surface area contributed by atoms with E-state index in [0.717, 1.165) is 51.9 Å². The molecule has 0 aromatic heterocycles. The number of aryl methyl sites for hydroxylation is 1. The average Bonchev–Trinajstić information content (AvgIpc) is 2.88. The molecule has 4 heteroatoms. The van der Waals surface area contributed by atoms with Crippen molar-refractivity contribution < 1.29 is 0 Å². The molecule has 0 fully saturated rings. The zero-order valence-corrected chi connectivity index (χ0v) is 24.2. The zero-order chi connectivity index (χ0) is 26.5. The summed E-state index contributed by atoms with van der Waals surface area (Å²) in [4.78, 5) is 4.89. The number of anilines is 2. The summed E-state index contributed by atoms with van der Waals surface area (Å²) in [7, 11) is 4.49. The molecule has 0 bridgehead atoms. The number of benzene rings is 2. The first-order valence-corrected chi connectivity index (χ1v) is 14.8. The largest absolute Gasteiger partial charge is 0.380 e. The Morgan fingerprint density at radius 3 is 2.53 bits per heavy atom. The molecule has 38 heavy (non-hydrogen) atoms. The first-order valence-electron chi connectivity index (χ1n) is 14.8. The van der Waals surface area contributed by atoms with Crippen LogP contribution in [-0.4, -0.2) is 61.2 Å². The van der Waals surface area contributed by atoms with Crippen LogP contribution in [0.25, 0.3) is 11.1 Å². The van der Waals surface area contributed by atoms with Crippen molar-refractivity contribution in [3.8, 4) is 0 Å². The van der Waals surface area contributed by atoms with Gasteiger partial charge in [-0.2, -0.15) is 0 Å². The van der Waals surface area contributed by atoms with E-state index in [4.69, 9.17) is 0 Å². The van der Waals surface area contributed by atoms with Crippen LogP contribution in [0.15, 0.2) is 48.6 Å². The Bertz CT molecular complexity index is 1270. The number of nitrogens with one attached hydrogen (secondary N) is 2. The molecule has 6 rings (SSSR count). The maximum atomic E-state index is 4.07. The van der Waals surface area contributed by atoms with E-state index in [9.17, 15) is 0 Å². The maximum Gasteiger partial charge on any atom is 0.0383 e. The summed E-state index contributed by atoms with van der Waals surface area (Å²) in [6.45, 7) is 11.5. The quantitative estimate of drug-likeness (QED) is 0.479. The second-order valence-electron chi connectivity index (χ2n) is 13.4. The topological polar surface area (TPSA) is 30.5 Å². The van der Waals surface area contributed by atoms with Crippen LogP contribution in [0.2, 0.25) is 0 Å². The third kappa shape index (κ3) is 5.18. The highest BCUT2D eigenvalue weighted by Gasteiger charge is 2.36. The van der Waals surface area contributed by atoms with Crippen LogP contribution in [-0.2, 0) is 12.8 Å². The minimum Gasteiger partial charge on any atom is -0.380 e. The summed E-state index contributed by atoms with van der Waals surface area (Å²) < 4.78 is 0. The predicted molar refractivity (Wildman–Crippen MR) is 163 cm³/mol. The minimum absolute atomic E-state index is 0.0871. The van der Waals surface area contributed by atoms with Gasteiger partial charge in [0.05, 0.1) is 0 Å². The Hall–Kier alpha value is -2.56. The van der Waals surface area contributed by atoms with Gasteiger partial charge in [-0.15, -0.1) is 0 Å². The molecule has 0 radical (unpaired) electrons. The highest BCUT2D eigenvalue weighted by atomic mass is 15.1. The average molecular weight is 511 g/mol. The van der Waals surface area contributed by atoms with Crippen molar-refractivity contribution in [2.45, 2.75) is 70.4 Å². The lowest BCUT2D eigenvalue weighted by atomic mass is 9.74. The van der Waals surface area contributed by atoms with Crippen molar-refractivity contribution in [1.82, 2.24) is 9.80 Å². The predicted octanol–water partition coefficient (Wildman–Crippen LogP) is 6.69. The van der Waals surface area contributed by atoms with E-state index < -0.39 is 0 Å².